The van der Waals surface area contributed by atoms with Crippen LogP contribution in [0.2, 0.25) is 0 Å². The van der Waals surface area contributed by atoms with E-state index in [2.05, 4.69) is 23.9 Å². The van der Waals surface area contributed by atoms with Gasteiger partial charge < -0.3 is 10.6 Å². The van der Waals surface area contributed by atoms with Crippen LogP contribution >= 0.6 is 0 Å². The molecule has 2 rings (SSSR count). The SMILES string of the molecule is CC(C)CCN(C(=O)Cn1cnc(N)n1)C1CC1. The number of hydrogen-bond donors (Lipinski definition) is 1. The van der Waals surface area contributed by atoms with Gasteiger partial charge in [0.15, 0.2) is 0 Å². The molecular weight excluding hydrogens is 230 g/mol. The van der Waals surface area contributed by atoms with E-state index in [-0.39, 0.29) is 18.4 Å². The topological polar surface area (TPSA) is 77.0 Å². The van der Waals surface area contributed by atoms with E-state index in [0.29, 0.717) is 12.0 Å². The zero-order valence-electron chi connectivity index (χ0n) is 11.0. The minimum Gasteiger partial charge on any atom is -0.367 e. The smallest absolute Gasteiger partial charge is 0.244 e. The van der Waals surface area contributed by atoms with Gasteiger partial charge in [-0.15, -0.1) is 5.10 Å². The average molecular weight is 251 g/mol. The molecule has 1 aliphatic rings. The molecule has 1 aliphatic carbocycles. The molecule has 1 amide bonds. The first-order chi connectivity index (χ1) is 8.56. The van der Waals surface area contributed by atoms with Crippen LogP contribution in [-0.2, 0) is 11.3 Å². The summed E-state index contributed by atoms with van der Waals surface area (Å²) in [5.41, 5.74) is 5.43. The van der Waals surface area contributed by atoms with Gasteiger partial charge in [-0.05, 0) is 25.2 Å². The van der Waals surface area contributed by atoms with Gasteiger partial charge in [-0.3, -0.25) is 4.79 Å². The maximum absolute atomic E-state index is 12.2. The van der Waals surface area contributed by atoms with E-state index >= 15 is 0 Å². The minimum absolute atomic E-state index is 0.114. The van der Waals surface area contributed by atoms with Gasteiger partial charge in [0.25, 0.3) is 0 Å². The number of hydrogen-bond acceptors (Lipinski definition) is 4. The summed E-state index contributed by atoms with van der Waals surface area (Å²) in [4.78, 5) is 18.0. The third kappa shape index (κ3) is 3.45. The number of anilines is 1. The van der Waals surface area contributed by atoms with Crippen LogP contribution in [-0.4, -0.2) is 38.2 Å². The van der Waals surface area contributed by atoms with Crippen LogP contribution < -0.4 is 5.73 Å². The Kier molecular flexibility index (Phi) is 3.84. The van der Waals surface area contributed by atoms with E-state index in [1.165, 1.54) is 11.0 Å². The monoisotopic (exact) mass is 251 g/mol. The summed E-state index contributed by atoms with van der Waals surface area (Å²) in [7, 11) is 0. The average Bonchev–Trinajstić information content (AvgIpc) is 3.03. The molecule has 0 radical (unpaired) electrons. The van der Waals surface area contributed by atoms with Crippen molar-refractivity contribution in [3.8, 4) is 0 Å². The first-order valence-corrected chi connectivity index (χ1v) is 6.50. The summed E-state index contributed by atoms with van der Waals surface area (Å²) in [5, 5.41) is 3.94. The van der Waals surface area contributed by atoms with Crippen molar-refractivity contribution in [1.82, 2.24) is 19.7 Å². The van der Waals surface area contributed by atoms with Gasteiger partial charge in [-0.2, -0.15) is 0 Å². The van der Waals surface area contributed by atoms with Crippen molar-refractivity contribution in [2.75, 3.05) is 12.3 Å². The van der Waals surface area contributed by atoms with Crippen molar-refractivity contribution in [3.05, 3.63) is 6.33 Å². The van der Waals surface area contributed by atoms with Gasteiger partial charge in [-0.1, -0.05) is 13.8 Å². The normalized spacial score (nSPS) is 15.1. The number of nitrogens with two attached hydrogens (primary N) is 1. The Morgan fingerprint density at radius 3 is 2.83 bits per heavy atom. The van der Waals surface area contributed by atoms with Gasteiger partial charge in [-0.25, -0.2) is 9.67 Å². The molecule has 0 aliphatic heterocycles. The summed E-state index contributed by atoms with van der Waals surface area (Å²) in [6.07, 6.45) is 4.80. The highest BCUT2D eigenvalue weighted by Gasteiger charge is 2.32. The summed E-state index contributed by atoms with van der Waals surface area (Å²) in [5.74, 6) is 0.937. The summed E-state index contributed by atoms with van der Waals surface area (Å²) >= 11 is 0. The molecule has 1 saturated carbocycles. The Morgan fingerprint density at radius 1 is 1.61 bits per heavy atom. The molecule has 100 valence electrons. The Labute approximate surface area is 107 Å². The lowest BCUT2D eigenvalue weighted by molar-refractivity contribution is -0.132. The van der Waals surface area contributed by atoms with Crippen LogP contribution in [0.4, 0.5) is 5.95 Å². The first kappa shape index (κ1) is 12.9. The molecule has 6 heteroatoms. The quantitative estimate of drug-likeness (QED) is 0.814. The zero-order valence-corrected chi connectivity index (χ0v) is 11.0. The highest BCUT2D eigenvalue weighted by Crippen LogP contribution is 2.27. The fraction of sp³-hybridized carbons (Fsp3) is 0.750. The van der Waals surface area contributed by atoms with E-state index in [1.54, 1.807) is 0 Å². The van der Waals surface area contributed by atoms with Crippen LogP contribution in [0.25, 0.3) is 0 Å². The predicted octanol–water partition coefficient (Wildman–Crippen LogP) is 0.897. The largest absolute Gasteiger partial charge is 0.367 e. The number of nitrogen functional groups attached to an aromatic ring is 1. The van der Waals surface area contributed by atoms with Crippen molar-refractivity contribution >= 4 is 11.9 Å². The molecule has 18 heavy (non-hydrogen) atoms. The lowest BCUT2D eigenvalue weighted by Crippen LogP contribution is -2.37. The van der Waals surface area contributed by atoms with Gasteiger partial charge in [0.2, 0.25) is 11.9 Å². The van der Waals surface area contributed by atoms with Crippen LogP contribution in [0.1, 0.15) is 33.1 Å². The lowest BCUT2D eigenvalue weighted by atomic mass is 10.1. The Morgan fingerprint density at radius 2 is 2.33 bits per heavy atom. The van der Waals surface area contributed by atoms with E-state index in [9.17, 15) is 4.79 Å². The number of rotatable bonds is 6. The molecule has 0 atom stereocenters. The minimum atomic E-state index is 0.114. The number of amides is 1. The second-order valence-electron chi connectivity index (χ2n) is 5.30. The molecule has 1 aromatic heterocycles. The standard InChI is InChI=1S/C12H21N5O/c1-9(2)5-6-17(10-3-4-10)11(18)7-16-8-14-12(13)15-16/h8-10H,3-7H2,1-2H3,(H2,13,15). The van der Waals surface area contributed by atoms with Gasteiger partial charge in [0.05, 0.1) is 0 Å². The second-order valence-corrected chi connectivity index (χ2v) is 5.30. The maximum Gasteiger partial charge on any atom is 0.244 e. The Bertz CT molecular complexity index is 410. The van der Waals surface area contributed by atoms with E-state index < -0.39 is 0 Å². The molecule has 0 unspecified atom stereocenters. The first-order valence-electron chi connectivity index (χ1n) is 6.50. The summed E-state index contributed by atoms with van der Waals surface area (Å²) in [6.45, 7) is 5.42. The van der Waals surface area contributed by atoms with Crippen molar-refractivity contribution in [1.29, 1.82) is 0 Å². The van der Waals surface area contributed by atoms with Crippen LogP contribution in [0.5, 0.6) is 0 Å². The second kappa shape index (κ2) is 5.37. The zero-order chi connectivity index (χ0) is 13.1. The van der Waals surface area contributed by atoms with E-state index in [4.69, 9.17) is 5.73 Å². The third-order valence-corrected chi connectivity index (χ3v) is 3.11. The van der Waals surface area contributed by atoms with Crippen LogP contribution in [0.15, 0.2) is 6.33 Å². The third-order valence-electron chi connectivity index (χ3n) is 3.11. The molecule has 6 nitrogen and oxygen atoms in total. The van der Waals surface area contributed by atoms with Gasteiger partial charge in [0.1, 0.15) is 12.9 Å². The molecule has 0 bridgehead atoms. The van der Waals surface area contributed by atoms with Gasteiger partial charge >= 0.3 is 0 Å². The molecular formula is C12H21N5O. The van der Waals surface area contributed by atoms with Crippen molar-refractivity contribution < 1.29 is 4.79 Å². The Hall–Kier alpha value is -1.59. The van der Waals surface area contributed by atoms with Crippen molar-refractivity contribution in [3.63, 3.8) is 0 Å². The van der Waals surface area contributed by atoms with E-state index in [0.717, 1.165) is 25.8 Å². The molecule has 0 spiro atoms. The maximum atomic E-state index is 12.2. The molecule has 0 aromatic carbocycles. The number of carbonyl (C=O) groups is 1. The molecule has 1 fully saturated rings. The lowest BCUT2D eigenvalue weighted by Gasteiger charge is -2.23. The van der Waals surface area contributed by atoms with Crippen LogP contribution in [0.3, 0.4) is 0 Å². The van der Waals surface area contributed by atoms with E-state index in [1.807, 2.05) is 4.90 Å². The fourth-order valence-electron chi connectivity index (χ4n) is 1.91. The van der Waals surface area contributed by atoms with Crippen LogP contribution in [0, 0.1) is 5.92 Å². The molecule has 2 N–H and O–H groups in total. The highest BCUT2D eigenvalue weighted by atomic mass is 16.2. The van der Waals surface area contributed by atoms with Crippen molar-refractivity contribution in [2.24, 2.45) is 5.92 Å². The molecule has 1 aromatic rings. The van der Waals surface area contributed by atoms with Crippen molar-refractivity contribution in [2.45, 2.75) is 45.7 Å². The predicted molar refractivity (Wildman–Crippen MR) is 68.6 cm³/mol. The van der Waals surface area contributed by atoms with Gasteiger partial charge in [0, 0.05) is 12.6 Å². The summed E-state index contributed by atoms with van der Waals surface area (Å²) < 4.78 is 1.50. The summed E-state index contributed by atoms with van der Waals surface area (Å²) in [6, 6.07) is 0.442. The molecule has 1 heterocycles. The Balaban J connectivity index is 1.91. The number of carbonyl (C=O) groups excluding carboxylic acids is 1. The number of nitrogens with zero attached hydrogens (tertiary/aromatic N) is 4. The molecule has 0 saturated heterocycles. The highest BCUT2D eigenvalue weighted by molar-refractivity contribution is 5.76. The fourth-order valence-corrected chi connectivity index (χ4v) is 1.91. The number of aromatic nitrogens is 3.